The van der Waals surface area contributed by atoms with E-state index < -0.39 is 0 Å². The van der Waals surface area contributed by atoms with Crippen molar-refractivity contribution in [1.29, 1.82) is 5.41 Å². The van der Waals surface area contributed by atoms with Crippen LogP contribution < -0.4 is 10.2 Å². The molecular weight excluding hydrogens is 506 g/mol. The number of nitrogens with one attached hydrogen (secondary N) is 2. The van der Waals surface area contributed by atoms with Gasteiger partial charge in [-0.05, 0) is 56.3 Å². The molecule has 0 radical (unpaired) electrons. The van der Waals surface area contributed by atoms with Gasteiger partial charge in [0.05, 0.1) is 24.5 Å². The van der Waals surface area contributed by atoms with Crippen LogP contribution >= 0.6 is 11.6 Å². The van der Waals surface area contributed by atoms with Crippen LogP contribution in [-0.4, -0.2) is 91.0 Å². The molecule has 11 heteroatoms. The first kappa shape index (κ1) is 28.4. The highest BCUT2D eigenvalue weighted by molar-refractivity contribution is 6.28. The monoisotopic (exact) mass is 543 g/mol. The highest BCUT2D eigenvalue weighted by Gasteiger charge is 2.32. The molecule has 4 heterocycles. The molecule has 2 aliphatic heterocycles. The van der Waals surface area contributed by atoms with Crippen LogP contribution in [0.25, 0.3) is 0 Å². The molecule has 38 heavy (non-hydrogen) atoms. The highest BCUT2D eigenvalue weighted by Crippen LogP contribution is 2.38. The van der Waals surface area contributed by atoms with E-state index in [0.717, 1.165) is 95.6 Å². The Morgan fingerprint density at radius 2 is 1.92 bits per heavy atom. The number of morpholine rings is 1. The van der Waals surface area contributed by atoms with E-state index in [1.165, 1.54) is 0 Å². The van der Waals surface area contributed by atoms with E-state index in [2.05, 4.69) is 34.8 Å². The summed E-state index contributed by atoms with van der Waals surface area (Å²) in [6.07, 6.45) is 7.56. The van der Waals surface area contributed by atoms with Crippen molar-refractivity contribution >= 4 is 40.9 Å². The van der Waals surface area contributed by atoms with Crippen LogP contribution in [0.15, 0.2) is 18.3 Å². The first-order chi connectivity index (χ1) is 18.5. The lowest BCUT2D eigenvalue weighted by atomic mass is 9.79. The van der Waals surface area contributed by atoms with Gasteiger partial charge in [-0.2, -0.15) is 0 Å². The first-order valence-corrected chi connectivity index (χ1v) is 13.8. The Balaban J connectivity index is 0.000000786. The maximum absolute atomic E-state index is 11.8. The Bertz CT molecular complexity index is 1080. The standard InChI is InChI=1S/C24H30ClN7O2.C3H8O/c25-24-27-7-4-20(30-24)29-23-21(22(26)16-2-1-3-16)19(14-17(15-33)28-23)32-8-5-18(6-9-32)31-10-12-34-13-11-31;1-3-4-2/h4,7,14-16,18,26H,1-3,5-6,8-13H2,(H,27,28,29,30);3H2,1-2H3. The molecule has 5 rings (SSSR count). The third-order valence-corrected chi connectivity index (χ3v) is 7.63. The number of anilines is 3. The Morgan fingerprint density at radius 1 is 1.21 bits per heavy atom. The molecule has 1 aliphatic carbocycles. The second-order valence-corrected chi connectivity index (χ2v) is 10.1. The van der Waals surface area contributed by atoms with Gasteiger partial charge in [0.15, 0.2) is 6.29 Å². The van der Waals surface area contributed by atoms with Gasteiger partial charge in [-0.1, -0.05) is 6.42 Å². The van der Waals surface area contributed by atoms with Crippen molar-refractivity contribution in [1.82, 2.24) is 19.9 Å². The fourth-order valence-corrected chi connectivity index (χ4v) is 5.21. The number of pyridine rings is 1. The summed E-state index contributed by atoms with van der Waals surface area (Å²) in [5, 5.41) is 12.4. The van der Waals surface area contributed by atoms with E-state index in [4.69, 9.17) is 21.7 Å². The first-order valence-electron chi connectivity index (χ1n) is 13.4. The average molecular weight is 544 g/mol. The summed E-state index contributed by atoms with van der Waals surface area (Å²) < 4.78 is 10.1. The maximum Gasteiger partial charge on any atom is 0.224 e. The molecule has 3 fully saturated rings. The number of aldehydes is 1. The SMILES string of the molecule is CCOC.N=C(c1c(N2CCC(N3CCOCC3)CC2)cc(C=O)nc1Nc1ccnc(Cl)n1)C1CCC1. The molecule has 3 aliphatic rings. The third-order valence-electron chi connectivity index (χ3n) is 7.45. The topological polar surface area (TPSA) is 117 Å². The van der Waals surface area contributed by atoms with Crippen LogP contribution in [-0.2, 0) is 9.47 Å². The summed E-state index contributed by atoms with van der Waals surface area (Å²) in [6, 6.07) is 4.08. The number of methoxy groups -OCH3 is 1. The maximum atomic E-state index is 11.8. The number of ether oxygens (including phenoxy) is 2. The van der Waals surface area contributed by atoms with E-state index >= 15 is 0 Å². The molecule has 2 aromatic rings. The molecule has 0 spiro atoms. The van der Waals surface area contributed by atoms with Crippen molar-refractivity contribution < 1.29 is 14.3 Å². The van der Waals surface area contributed by atoms with Gasteiger partial charge in [-0.3, -0.25) is 9.69 Å². The predicted octanol–water partition coefficient (Wildman–Crippen LogP) is 4.20. The number of piperidine rings is 1. The molecule has 2 saturated heterocycles. The fraction of sp³-hybridized carbons (Fsp3) is 0.593. The average Bonchev–Trinajstić information content (AvgIpc) is 2.92. The van der Waals surface area contributed by atoms with Crippen molar-refractivity contribution in [2.24, 2.45) is 5.92 Å². The smallest absolute Gasteiger partial charge is 0.224 e. The molecule has 0 aromatic carbocycles. The fourth-order valence-electron chi connectivity index (χ4n) is 5.06. The Kier molecular flexibility index (Phi) is 10.4. The molecule has 2 aromatic heterocycles. The summed E-state index contributed by atoms with van der Waals surface area (Å²) in [4.78, 5) is 29.4. The van der Waals surface area contributed by atoms with Gasteiger partial charge in [0.1, 0.15) is 17.3 Å². The summed E-state index contributed by atoms with van der Waals surface area (Å²) in [5.41, 5.74) is 2.56. The normalized spacial score (nSPS) is 18.8. The van der Waals surface area contributed by atoms with Gasteiger partial charge in [0.25, 0.3) is 0 Å². The number of aromatic nitrogens is 3. The van der Waals surface area contributed by atoms with Crippen molar-refractivity contribution in [2.75, 3.05) is 63.3 Å². The van der Waals surface area contributed by atoms with Crippen LogP contribution in [0.2, 0.25) is 5.28 Å². The zero-order valence-corrected chi connectivity index (χ0v) is 23.0. The molecule has 1 saturated carbocycles. The molecule has 10 nitrogen and oxygen atoms in total. The third kappa shape index (κ3) is 7.05. The molecule has 2 N–H and O–H groups in total. The van der Waals surface area contributed by atoms with Crippen LogP contribution in [0, 0.1) is 11.3 Å². The molecule has 0 unspecified atom stereocenters. The molecular formula is C27H38ClN7O3. The van der Waals surface area contributed by atoms with Crippen LogP contribution in [0.4, 0.5) is 17.3 Å². The lowest BCUT2D eigenvalue weighted by Gasteiger charge is -2.41. The minimum atomic E-state index is 0.123. The van der Waals surface area contributed by atoms with Crippen LogP contribution in [0.3, 0.4) is 0 Å². The second kappa shape index (κ2) is 13.9. The van der Waals surface area contributed by atoms with Gasteiger partial charge in [-0.15, -0.1) is 0 Å². The lowest BCUT2D eigenvalue weighted by Crippen LogP contribution is -2.49. The minimum absolute atomic E-state index is 0.123. The van der Waals surface area contributed by atoms with Crippen molar-refractivity contribution in [3.63, 3.8) is 0 Å². The summed E-state index contributed by atoms with van der Waals surface area (Å²) in [5.74, 6) is 1.17. The largest absolute Gasteiger partial charge is 0.385 e. The van der Waals surface area contributed by atoms with E-state index in [0.29, 0.717) is 29.1 Å². The second-order valence-electron chi connectivity index (χ2n) is 9.73. The summed E-state index contributed by atoms with van der Waals surface area (Å²) in [6.45, 7) is 8.10. The Labute approximate surface area is 229 Å². The minimum Gasteiger partial charge on any atom is -0.385 e. The molecule has 206 valence electrons. The number of carbonyl (C=O) groups is 1. The molecule has 0 amide bonds. The predicted molar refractivity (Wildman–Crippen MR) is 149 cm³/mol. The zero-order chi connectivity index (χ0) is 26.9. The summed E-state index contributed by atoms with van der Waals surface area (Å²) in [7, 11) is 1.68. The lowest BCUT2D eigenvalue weighted by molar-refractivity contribution is 0.0115. The van der Waals surface area contributed by atoms with Crippen molar-refractivity contribution in [3.8, 4) is 0 Å². The number of rotatable bonds is 8. The van der Waals surface area contributed by atoms with Gasteiger partial charge >= 0.3 is 0 Å². The van der Waals surface area contributed by atoms with Crippen molar-refractivity contribution in [3.05, 3.63) is 34.9 Å². The van der Waals surface area contributed by atoms with Gasteiger partial charge in [-0.25, -0.2) is 15.0 Å². The van der Waals surface area contributed by atoms with Gasteiger partial charge in [0, 0.05) is 63.8 Å². The Morgan fingerprint density at radius 3 is 2.50 bits per heavy atom. The van der Waals surface area contributed by atoms with Crippen LogP contribution in [0.5, 0.6) is 0 Å². The number of hydrogen-bond donors (Lipinski definition) is 2. The van der Waals surface area contributed by atoms with Gasteiger partial charge in [0.2, 0.25) is 5.28 Å². The highest BCUT2D eigenvalue weighted by atomic mass is 35.5. The van der Waals surface area contributed by atoms with E-state index in [1.807, 2.05) is 13.0 Å². The molecule has 0 bridgehead atoms. The van der Waals surface area contributed by atoms with Gasteiger partial charge < -0.3 is 25.1 Å². The van der Waals surface area contributed by atoms with Crippen molar-refractivity contribution in [2.45, 2.75) is 45.1 Å². The number of halogens is 1. The number of carbonyl (C=O) groups excluding carboxylic acids is 1. The quantitative estimate of drug-likeness (QED) is 0.287. The summed E-state index contributed by atoms with van der Waals surface area (Å²) >= 11 is 5.98. The number of nitrogens with zero attached hydrogens (tertiary/aromatic N) is 5. The van der Waals surface area contributed by atoms with E-state index in [-0.39, 0.29) is 11.2 Å². The van der Waals surface area contributed by atoms with E-state index in [9.17, 15) is 4.79 Å². The molecule has 0 atom stereocenters. The Hall–Kier alpha value is -2.66. The number of hydrogen-bond acceptors (Lipinski definition) is 10. The van der Waals surface area contributed by atoms with E-state index in [1.54, 1.807) is 19.4 Å². The van der Waals surface area contributed by atoms with Crippen LogP contribution in [0.1, 0.15) is 55.1 Å². The zero-order valence-electron chi connectivity index (χ0n) is 22.3.